The molecule has 0 bridgehead atoms. The number of carbonyl (C=O) groups is 1. The van der Waals surface area contributed by atoms with Gasteiger partial charge < -0.3 is 5.32 Å². The van der Waals surface area contributed by atoms with Gasteiger partial charge in [0.05, 0.1) is 10.1 Å². The Labute approximate surface area is 127 Å². The molecule has 1 aliphatic heterocycles. The zero-order valence-electron chi connectivity index (χ0n) is 10.5. The summed E-state index contributed by atoms with van der Waals surface area (Å²) in [7, 11) is 0. The Balaban J connectivity index is 2.05. The van der Waals surface area contributed by atoms with E-state index in [1.807, 2.05) is 6.92 Å². The van der Waals surface area contributed by atoms with E-state index in [-0.39, 0.29) is 15.8 Å². The Bertz CT molecular complexity index is 499. The van der Waals surface area contributed by atoms with E-state index in [1.54, 1.807) is 0 Å². The molecule has 1 amide bonds. The van der Waals surface area contributed by atoms with Crippen LogP contribution in [0, 0.1) is 5.92 Å². The average Bonchev–Trinajstić information content (AvgIpc) is 2.69. The van der Waals surface area contributed by atoms with Crippen LogP contribution in [0.25, 0.3) is 0 Å². The molecule has 110 valence electrons. The molecular weight excluding hydrogens is 386 g/mol. The Hall–Kier alpha value is -0.900. The number of hydrogen-bond donors (Lipinski definition) is 2. The highest BCUT2D eigenvalue weighted by Gasteiger charge is 2.34. The maximum absolute atomic E-state index is 12.5. The van der Waals surface area contributed by atoms with E-state index in [9.17, 15) is 18.0 Å². The van der Waals surface area contributed by atoms with Gasteiger partial charge in [0.2, 0.25) is 5.91 Å². The number of hydrogen-bond acceptors (Lipinski definition) is 3. The van der Waals surface area contributed by atoms with Gasteiger partial charge in [-0.25, -0.2) is 4.98 Å². The third kappa shape index (κ3) is 3.60. The van der Waals surface area contributed by atoms with E-state index in [1.165, 1.54) is 12.1 Å². The molecule has 8 heteroatoms. The first kappa shape index (κ1) is 15.5. The molecule has 20 heavy (non-hydrogen) atoms. The number of aromatic nitrogens is 1. The molecule has 1 aliphatic rings. The second-order valence-electron chi connectivity index (χ2n) is 4.73. The van der Waals surface area contributed by atoms with Crippen LogP contribution in [0.2, 0.25) is 0 Å². The van der Waals surface area contributed by atoms with Crippen molar-refractivity contribution in [3.63, 3.8) is 0 Å². The largest absolute Gasteiger partial charge is 0.433 e. The molecule has 0 aliphatic carbocycles. The van der Waals surface area contributed by atoms with Crippen molar-refractivity contribution in [2.24, 2.45) is 5.92 Å². The summed E-state index contributed by atoms with van der Waals surface area (Å²) in [6.45, 7) is 2.01. The Morgan fingerprint density at radius 3 is 2.75 bits per heavy atom. The fourth-order valence-corrected chi connectivity index (χ4v) is 2.70. The molecule has 2 N–H and O–H groups in total. The lowest BCUT2D eigenvalue weighted by Gasteiger charge is -2.12. The summed E-state index contributed by atoms with van der Waals surface area (Å²) in [5.74, 6) is -0.111. The molecule has 1 unspecified atom stereocenters. The zero-order valence-corrected chi connectivity index (χ0v) is 12.7. The van der Waals surface area contributed by atoms with Crippen LogP contribution in [-0.4, -0.2) is 21.0 Å². The number of nitrogens with zero attached hydrogens (tertiary/aromatic N) is 1. The Kier molecular flexibility index (Phi) is 4.52. The average molecular weight is 399 g/mol. The molecule has 4 nitrogen and oxygen atoms in total. The molecule has 0 radical (unpaired) electrons. The van der Waals surface area contributed by atoms with Gasteiger partial charge in [0.25, 0.3) is 0 Å². The lowest BCUT2D eigenvalue weighted by Crippen LogP contribution is -2.37. The van der Waals surface area contributed by atoms with Crippen molar-refractivity contribution in [1.82, 2.24) is 10.3 Å². The van der Waals surface area contributed by atoms with Gasteiger partial charge in [0.15, 0.2) is 0 Å². The van der Waals surface area contributed by atoms with E-state index in [0.717, 1.165) is 6.07 Å². The lowest BCUT2D eigenvalue weighted by atomic mass is 10.1. The van der Waals surface area contributed by atoms with E-state index < -0.39 is 17.9 Å². The minimum atomic E-state index is -4.52. The number of anilines is 1. The summed E-state index contributed by atoms with van der Waals surface area (Å²) < 4.78 is 37.7. The van der Waals surface area contributed by atoms with Gasteiger partial charge in [-0.1, -0.05) is 35.6 Å². The first-order valence-electron chi connectivity index (χ1n) is 6.02. The van der Waals surface area contributed by atoms with Gasteiger partial charge in [0.1, 0.15) is 11.5 Å². The van der Waals surface area contributed by atoms with Crippen LogP contribution in [0.1, 0.15) is 19.0 Å². The van der Waals surface area contributed by atoms with E-state index in [4.69, 9.17) is 0 Å². The number of nitrogens with one attached hydrogen (secondary N) is 2. The topological polar surface area (TPSA) is 54.0 Å². The number of rotatable bonds is 2. The number of alkyl halides is 4. The molecule has 1 aromatic heterocycles. The summed E-state index contributed by atoms with van der Waals surface area (Å²) in [5, 5.41) is 5.51. The fourth-order valence-electron chi connectivity index (χ4n) is 1.97. The van der Waals surface area contributed by atoms with Gasteiger partial charge in [-0.15, -0.1) is 0 Å². The number of pyridine rings is 1. The highest BCUT2D eigenvalue weighted by atomic mass is 127. The first-order chi connectivity index (χ1) is 9.27. The van der Waals surface area contributed by atoms with Crippen LogP contribution in [-0.2, 0) is 11.0 Å². The molecule has 1 fully saturated rings. The van der Waals surface area contributed by atoms with E-state index in [0.29, 0.717) is 12.3 Å². The number of carbonyl (C=O) groups excluding carboxylic acids is 1. The minimum absolute atomic E-state index is 0.0869. The second-order valence-corrected chi connectivity index (χ2v) is 6.07. The SMILES string of the molecule is C[C@H]1CC(C(=O)Nc2cccc(C(F)(F)F)n2)N[C@@H]1I. The maximum atomic E-state index is 12.5. The first-order valence-corrected chi connectivity index (χ1v) is 7.27. The van der Waals surface area contributed by atoms with Gasteiger partial charge in [-0.3, -0.25) is 10.1 Å². The molecule has 2 rings (SSSR count). The van der Waals surface area contributed by atoms with Crippen LogP contribution in [0.5, 0.6) is 0 Å². The molecule has 0 saturated carbocycles. The van der Waals surface area contributed by atoms with Gasteiger partial charge >= 0.3 is 6.18 Å². The highest BCUT2D eigenvalue weighted by Crippen LogP contribution is 2.28. The second kappa shape index (κ2) is 5.84. The summed E-state index contributed by atoms with van der Waals surface area (Å²) in [5.41, 5.74) is -1.02. The van der Waals surface area contributed by atoms with Crippen LogP contribution >= 0.6 is 22.6 Å². The quantitative estimate of drug-likeness (QED) is 0.457. The molecule has 3 atom stereocenters. The third-order valence-corrected chi connectivity index (χ3v) is 4.66. The van der Waals surface area contributed by atoms with E-state index in [2.05, 4.69) is 38.2 Å². The smallest absolute Gasteiger partial charge is 0.309 e. The third-order valence-electron chi connectivity index (χ3n) is 3.07. The minimum Gasteiger partial charge on any atom is -0.309 e. The van der Waals surface area contributed by atoms with Crippen molar-refractivity contribution in [2.75, 3.05) is 5.32 Å². The predicted octanol–water partition coefficient (Wildman–Crippen LogP) is 2.80. The maximum Gasteiger partial charge on any atom is 0.433 e. The monoisotopic (exact) mass is 399 g/mol. The van der Waals surface area contributed by atoms with Gasteiger partial charge in [-0.2, -0.15) is 13.2 Å². The van der Waals surface area contributed by atoms with Crippen LogP contribution in [0.4, 0.5) is 19.0 Å². The van der Waals surface area contributed by atoms with Gasteiger partial charge in [-0.05, 0) is 24.5 Å². The molecule has 2 heterocycles. The summed E-state index contributed by atoms with van der Waals surface area (Å²) >= 11 is 2.20. The molecule has 1 aromatic rings. The lowest BCUT2D eigenvalue weighted by molar-refractivity contribution is -0.141. The summed E-state index contributed by atoms with van der Waals surface area (Å²) in [6, 6.07) is 3.03. The van der Waals surface area contributed by atoms with Crippen molar-refractivity contribution in [3.05, 3.63) is 23.9 Å². The highest BCUT2D eigenvalue weighted by molar-refractivity contribution is 14.1. The summed E-state index contributed by atoms with van der Waals surface area (Å²) in [4.78, 5) is 15.4. The predicted molar refractivity (Wildman–Crippen MR) is 76.4 cm³/mol. The zero-order chi connectivity index (χ0) is 14.9. The van der Waals surface area contributed by atoms with Crippen molar-refractivity contribution in [2.45, 2.75) is 29.6 Å². The fraction of sp³-hybridized carbons (Fsp3) is 0.500. The molecule has 0 aromatic carbocycles. The Morgan fingerprint density at radius 2 is 2.20 bits per heavy atom. The van der Waals surface area contributed by atoms with Crippen molar-refractivity contribution >= 4 is 34.3 Å². The summed E-state index contributed by atoms with van der Waals surface area (Å²) in [6.07, 6.45) is -3.87. The van der Waals surface area contributed by atoms with Crippen molar-refractivity contribution in [3.8, 4) is 0 Å². The normalized spacial score (nSPS) is 26.6. The van der Waals surface area contributed by atoms with Crippen LogP contribution < -0.4 is 10.6 Å². The van der Waals surface area contributed by atoms with Crippen molar-refractivity contribution < 1.29 is 18.0 Å². The molecule has 1 saturated heterocycles. The molecule has 0 spiro atoms. The van der Waals surface area contributed by atoms with Crippen LogP contribution in [0.15, 0.2) is 18.2 Å². The standard InChI is InChI=1S/C12H13F3IN3O/c1-6-5-7(17-10(6)16)11(20)19-9-4-2-3-8(18-9)12(13,14)15/h2-4,6-7,10,17H,5H2,1H3,(H,18,19,20)/t6-,7?,10-/m0/s1. The van der Waals surface area contributed by atoms with E-state index >= 15 is 0 Å². The number of amides is 1. The molecular formula is C12H13F3IN3O. The number of halogens is 4. The van der Waals surface area contributed by atoms with Gasteiger partial charge in [0, 0.05) is 0 Å². The van der Waals surface area contributed by atoms with Crippen molar-refractivity contribution in [1.29, 1.82) is 0 Å². The van der Waals surface area contributed by atoms with Crippen LogP contribution in [0.3, 0.4) is 0 Å². The Morgan fingerprint density at radius 1 is 1.50 bits per heavy atom.